The normalized spacial score (nSPS) is 15.0. The van der Waals surface area contributed by atoms with Gasteiger partial charge in [0.15, 0.2) is 0 Å². The third-order valence-electron chi connectivity index (χ3n) is 6.07. The molecule has 0 atom stereocenters. The molecule has 0 spiro atoms. The molecule has 1 aromatic carbocycles. The average molecular weight is 468 g/mol. The lowest BCUT2D eigenvalue weighted by Crippen LogP contribution is -2.24. The van der Waals surface area contributed by atoms with E-state index in [4.69, 9.17) is 19.6 Å². The van der Waals surface area contributed by atoms with Crippen LogP contribution in [0.5, 0.6) is 5.75 Å². The van der Waals surface area contributed by atoms with Crippen molar-refractivity contribution >= 4 is 17.1 Å². The Bertz CT molecular complexity index is 1070. The number of nitrogens with zero attached hydrogens (tertiary/aromatic N) is 3. The van der Waals surface area contributed by atoms with Crippen molar-refractivity contribution in [2.75, 3.05) is 20.3 Å². The molecule has 1 aliphatic rings. The molecule has 1 aliphatic heterocycles. The first kappa shape index (κ1) is 23.6. The van der Waals surface area contributed by atoms with Crippen LogP contribution in [0.1, 0.15) is 52.1 Å². The Kier molecular flexibility index (Phi) is 7.29. The SMILES string of the molecule is COc1ccc(-c2c(-c3nc(CCC(=O)CC4CCOCC4)cs3)cnn2C(C)(C)C)cc1. The summed E-state index contributed by atoms with van der Waals surface area (Å²) in [6.07, 6.45) is 5.80. The predicted molar refractivity (Wildman–Crippen MR) is 132 cm³/mol. The number of carbonyl (C=O) groups excluding carboxylic acids is 1. The third-order valence-corrected chi connectivity index (χ3v) is 6.99. The molecule has 1 saturated heterocycles. The summed E-state index contributed by atoms with van der Waals surface area (Å²) in [7, 11) is 1.67. The van der Waals surface area contributed by atoms with Gasteiger partial charge in [-0.15, -0.1) is 11.3 Å². The molecule has 0 N–H and O–H groups in total. The molecule has 6 nitrogen and oxygen atoms in total. The third kappa shape index (κ3) is 5.71. The van der Waals surface area contributed by atoms with Crippen LogP contribution in [-0.2, 0) is 21.5 Å². The minimum atomic E-state index is -0.176. The summed E-state index contributed by atoms with van der Waals surface area (Å²) in [4.78, 5) is 17.4. The van der Waals surface area contributed by atoms with Gasteiger partial charge in [0.25, 0.3) is 0 Å². The Balaban J connectivity index is 1.52. The highest BCUT2D eigenvalue weighted by atomic mass is 32.1. The van der Waals surface area contributed by atoms with E-state index in [9.17, 15) is 4.79 Å². The Morgan fingerprint density at radius 1 is 1.21 bits per heavy atom. The summed E-state index contributed by atoms with van der Waals surface area (Å²) in [6.45, 7) is 8.01. The highest BCUT2D eigenvalue weighted by Crippen LogP contribution is 2.37. The fourth-order valence-electron chi connectivity index (χ4n) is 4.23. The standard InChI is InChI=1S/C26H33N3O3S/c1-26(2,3)29-24(19-5-9-22(31-4)10-6-19)23(16-27-29)25-28-20(17-33-25)7-8-21(30)15-18-11-13-32-14-12-18/h5-6,9-10,16-18H,7-8,11-15H2,1-4H3. The van der Waals surface area contributed by atoms with Crippen molar-refractivity contribution in [3.8, 4) is 27.6 Å². The molecule has 2 aromatic heterocycles. The number of aryl methyl sites for hydroxylation is 1. The van der Waals surface area contributed by atoms with E-state index in [2.05, 4.69) is 43.0 Å². The van der Waals surface area contributed by atoms with E-state index in [-0.39, 0.29) is 5.54 Å². The lowest BCUT2D eigenvalue weighted by atomic mass is 9.93. The first-order valence-electron chi connectivity index (χ1n) is 11.6. The van der Waals surface area contributed by atoms with Crippen LogP contribution in [0.3, 0.4) is 0 Å². The molecule has 0 aliphatic carbocycles. The maximum absolute atomic E-state index is 12.5. The number of Topliss-reactive ketones (excluding diaryl/α,β-unsaturated/α-hetero) is 1. The Morgan fingerprint density at radius 2 is 1.94 bits per heavy atom. The first-order valence-corrected chi connectivity index (χ1v) is 12.5. The number of aromatic nitrogens is 3. The molecule has 0 unspecified atom stereocenters. The van der Waals surface area contributed by atoms with Crippen molar-refractivity contribution in [1.82, 2.24) is 14.8 Å². The summed E-state index contributed by atoms with van der Waals surface area (Å²) in [5.41, 5.74) is 3.92. The molecule has 0 amide bonds. The molecule has 0 radical (unpaired) electrons. The fraction of sp³-hybridized carbons (Fsp3) is 0.500. The van der Waals surface area contributed by atoms with Crippen molar-refractivity contribution in [3.05, 3.63) is 41.5 Å². The quantitative estimate of drug-likeness (QED) is 0.422. The molecular weight excluding hydrogens is 434 g/mol. The number of ether oxygens (including phenoxy) is 2. The summed E-state index contributed by atoms with van der Waals surface area (Å²) < 4.78 is 12.8. The second-order valence-corrected chi connectivity index (χ2v) is 10.5. The van der Waals surface area contributed by atoms with Gasteiger partial charge in [0.1, 0.15) is 16.5 Å². The molecule has 3 heterocycles. The number of hydrogen-bond acceptors (Lipinski definition) is 6. The van der Waals surface area contributed by atoms with Gasteiger partial charge in [0.05, 0.1) is 35.8 Å². The van der Waals surface area contributed by atoms with Crippen LogP contribution < -0.4 is 4.74 Å². The van der Waals surface area contributed by atoms with Gasteiger partial charge in [-0.25, -0.2) is 4.98 Å². The van der Waals surface area contributed by atoms with Gasteiger partial charge in [-0.2, -0.15) is 5.10 Å². The first-order chi connectivity index (χ1) is 15.8. The molecule has 0 saturated carbocycles. The van der Waals surface area contributed by atoms with Gasteiger partial charge < -0.3 is 9.47 Å². The summed E-state index contributed by atoms with van der Waals surface area (Å²) >= 11 is 1.61. The zero-order chi connectivity index (χ0) is 23.4. The van der Waals surface area contributed by atoms with Crippen molar-refractivity contribution in [2.24, 2.45) is 5.92 Å². The summed E-state index contributed by atoms with van der Waals surface area (Å²) in [5.74, 6) is 1.63. The van der Waals surface area contributed by atoms with Crippen molar-refractivity contribution < 1.29 is 14.3 Å². The Morgan fingerprint density at radius 3 is 2.61 bits per heavy atom. The van der Waals surface area contributed by atoms with Crippen LogP contribution >= 0.6 is 11.3 Å². The highest BCUT2D eigenvalue weighted by molar-refractivity contribution is 7.13. The maximum atomic E-state index is 12.5. The van der Waals surface area contributed by atoms with E-state index >= 15 is 0 Å². The Labute approximate surface area is 200 Å². The molecule has 4 rings (SSSR count). The minimum Gasteiger partial charge on any atom is -0.497 e. The van der Waals surface area contributed by atoms with Crippen LogP contribution in [0.2, 0.25) is 0 Å². The zero-order valence-electron chi connectivity index (χ0n) is 20.0. The van der Waals surface area contributed by atoms with E-state index < -0.39 is 0 Å². The van der Waals surface area contributed by atoms with E-state index in [1.54, 1.807) is 18.4 Å². The fourth-order valence-corrected chi connectivity index (χ4v) is 5.09. The molecule has 1 fully saturated rings. The number of thiazole rings is 1. The van der Waals surface area contributed by atoms with Crippen molar-refractivity contribution in [2.45, 2.75) is 58.4 Å². The van der Waals surface area contributed by atoms with Gasteiger partial charge in [-0.1, -0.05) is 0 Å². The molecule has 3 aromatic rings. The van der Waals surface area contributed by atoms with Crippen molar-refractivity contribution in [1.29, 1.82) is 0 Å². The summed E-state index contributed by atoms with van der Waals surface area (Å²) in [5, 5.41) is 7.73. The van der Waals surface area contributed by atoms with Gasteiger partial charge in [-0.3, -0.25) is 9.48 Å². The van der Waals surface area contributed by atoms with Crippen LogP contribution in [0, 0.1) is 5.92 Å². The topological polar surface area (TPSA) is 66.2 Å². The second-order valence-electron chi connectivity index (χ2n) is 9.66. The number of methoxy groups -OCH3 is 1. The largest absolute Gasteiger partial charge is 0.497 e. The second kappa shape index (κ2) is 10.2. The van der Waals surface area contributed by atoms with Crippen LogP contribution in [0.25, 0.3) is 21.8 Å². The number of hydrogen-bond donors (Lipinski definition) is 0. The number of benzene rings is 1. The lowest BCUT2D eigenvalue weighted by molar-refractivity contribution is -0.120. The molecule has 7 heteroatoms. The van der Waals surface area contributed by atoms with Crippen molar-refractivity contribution in [3.63, 3.8) is 0 Å². The highest BCUT2D eigenvalue weighted by Gasteiger charge is 2.24. The monoisotopic (exact) mass is 467 g/mol. The molecule has 33 heavy (non-hydrogen) atoms. The predicted octanol–water partition coefficient (Wildman–Crippen LogP) is 5.76. The van der Waals surface area contributed by atoms with Gasteiger partial charge in [-0.05, 0) is 70.2 Å². The molecule has 0 bridgehead atoms. The number of ketones is 1. The maximum Gasteiger partial charge on any atom is 0.133 e. The van der Waals surface area contributed by atoms with E-state index in [0.717, 1.165) is 59.3 Å². The molecule has 176 valence electrons. The number of carbonyl (C=O) groups is 1. The van der Waals surface area contributed by atoms with Crippen LogP contribution in [-0.4, -0.2) is 40.9 Å². The Hall–Kier alpha value is -2.51. The van der Waals surface area contributed by atoms with Gasteiger partial charge in [0.2, 0.25) is 0 Å². The minimum absolute atomic E-state index is 0.176. The van der Waals surface area contributed by atoms with Gasteiger partial charge >= 0.3 is 0 Å². The van der Waals surface area contributed by atoms with Crippen LogP contribution in [0.4, 0.5) is 0 Å². The van der Waals surface area contributed by atoms with Gasteiger partial charge in [0, 0.05) is 37.0 Å². The molecular formula is C26H33N3O3S. The van der Waals surface area contributed by atoms with E-state index in [1.807, 2.05) is 18.3 Å². The zero-order valence-corrected chi connectivity index (χ0v) is 20.8. The lowest BCUT2D eigenvalue weighted by Gasteiger charge is -2.23. The van der Waals surface area contributed by atoms with E-state index in [1.165, 1.54) is 0 Å². The summed E-state index contributed by atoms with van der Waals surface area (Å²) in [6, 6.07) is 8.06. The smallest absolute Gasteiger partial charge is 0.133 e. The van der Waals surface area contributed by atoms with Crippen LogP contribution in [0.15, 0.2) is 35.8 Å². The average Bonchev–Trinajstić information content (AvgIpc) is 3.45. The number of rotatable bonds is 8. The van der Waals surface area contributed by atoms with E-state index in [0.29, 0.717) is 31.0 Å².